The number of hydrogen-bond donors (Lipinski definition) is 0. The smallest absolute Gasteiger partial charge is 0.262 e. The van der Waals surface area contributed by atoms with E-state index in [-0.39, 0.29) is 0 Å². The number of ether oxygens (including phenoxy) is 1. The van der Waals surface area contributed by atoms with Crippen molar-refractivity contribution in [1.29, 1.82) is 0 Å². The maximum Gasteiger partial charge on any atom is 0.262 e. The third-order valence-electron chi connectivity index (χ3n) is 4.88. The first-order chi connectivity index (χ1) is 12.4. The maximum absolute atomic E-state index is 5.60. The quantitative estimate of drug-likeness (QED) is 0.640. The molecular weight excluding hydrogens is 308 g/mol. The van der Waals surface area contributed by atoms with Gasteiger partial charge in [-0.15, -0.1) is 0 Å². The second-order valence-corrected chi connectivity index (χ2v) is 6.56. The van der Waals surface area contributed by atoms with Crippen LogP contribution in [0, 0.1) is 0 Å². The first kappa shape index (κ1) is 15.9. The summed E-state index contributed by atoms with van der Waals surface area (Å²) in [5.74, 6) is 2.34. The van der Waals surface area contributed by atoms with Gasteiger partial charge >= 0.3 is 0 Å². The molecule has 25 heavy (non-hydrogen) atoms. The topological polar surface area (TPSA) is 18.0 Å². The van der Waals surface area contributed by atoms with Crippen LogP contribution in [0.5, 0.6) is 5.75 Å². The van der Waals surface area contributed by atoms with Crippen molar-refractivity contribution in [3.05, 3.63) is 66.6 Å². The maximum atomic E-state index is 5.60. The number of aryl methyl sites for hydroxylation is 1. The Morgan fingerprint density at radius 2 is 1.76 bits per heavy atom. The van der Waals surface area contributed by atoms with Crippen molar-refractivity contribution in [1.82, 2.24) is 4.57 Å². The number of para-hydroxylation sites is 1. The molecular formula is C22H25N2O+. The highest BCUT2D eigenvalue weighted by Crippen LogP contribution is 2.27. The Labute approximate surface area is 149 Å². The number of aromatic nitrogens is 2. The van der Waals surface area contributed by atoms with Crippen LogP contribution in [-0.2, 0) is 13.0 Å². The van der Waals surface area contributed by atoms with Crippen molar-refractivity contribution in [2.45, 2.75) is 39.2 Å². The third kappa shape index (κ3) is 3.19. The highest BCUT2D eigenvalue weighted by molar-refractivity contribution is 5.62. The van der Waals surface area contributed by atoms with E-state index in [0.717, 1.165) is 18.7 Å². The van der Waals surface area contributed by atoms with Gasteiger partial charge in [0.15, 0.2) is 5.69 Å². The number of nitrogens with zero attached hydrogens (tertiary/aromatic N) is 2. The van der Waals surface area contributed by atoms with Crippen LogP contribution in [0.4, 0.5) is 0 Å². The number of imidazole rings is 1. The molecule has 1 aliphatic rings. The predicted molar refractivity (Wildman–Crippen MR) is 100 cm³/mol. The normalized spacial score (nSPS) is 14.0. The monoisotopic (exact) mass is 333 g/mol. The molecule has 0 saturated carbocycles. The summed E-state index contributed by atoms with van der Waals surface area (Å²) in [5, 5.41) is 0. The van der Waals surface area contributed by atoms with Gasteiger partial charge in [-0.25, -0.2) is 4.57 Å². The van der Waals surface area contributed by atoms with Crippen LogP contribution in [0.25, 0.3) is 16.9 Å². The van der Waals surface area contributed by atoms with Crippen LogP contribution in [0.1, 0.15) is 32.0 Å². The predicted octanol–water partition coefficient (Wildman–Crippen LogP) is 4.56. The summed E-state index contributed by atoms with van der Waals surface area (Å²) >= 11 is 0. The molecule has 4 rings (SSSR count). The Morgan fingerprint density at radius 1 is 0.960 bits per heavy atom. The van der Waals surface area contributed by atoms with E-state index in [4.69, 9.17) is 4.74 Å². The van der Waals surface area contributed by atoms with E-state index in [1.807, 2.05) is 6.92 Å². The van der Waals surface area contributed by atoms with Gasteiger partial charge in [-0.2, -0.15) is 4.57 Å². The zero-order chi connectivity index (χ0) is 17.1. The number of fused-ring (bicyclic) bond motifs is 1. The summed E-state index contributed by atoms with van der Waals surface area (Å²) in [6.07, 6.45) is 7.29. The Kier molecular flexibility index (Phi) is 4.55. The van der Waals surface area contributed by atoms with Gasteiger partial charge in [0, 0.05) is 12.0 Å². The molecule has 1 aliphatic heterocycles. The molecule has 0 atom stereocenters. The van der Waals surface area contributed by atoms with Crippen molar-refractivity contribution in [3.63, 3.8) is 0 Å². The van der Waals surface area contributed by atoms with Crippen molar-refractivity contribution in [2.75, 3.05) is 6.61 Å². The van der Waals surface area contributed by atoms with E-state index >= 15 is 0 Å². The molecule has 0 radical (unpaired) electrons. The number of rotatable bonds is 4. The largest absolute Gasteiger partial charge is 0.494 e. The molecule has 0 unspecified atom stereocenters. The molecule has 3 aromatic rings. The van der Waals surface area contributed by atoms with E-state index in [9.17, 15) is 0 Å². The van der Waals surface area contributed by atoms with Gasteiger partial charge in [-0.1, -0.05) is 18.2 Å². The minimum atomic E-state index is 0.698. The van der Waals surface area contributed by atoms with Crippen molar-refractivity contribution < 1.29 is 9.30 Å². The number of hydrogen-bond acceptors (Lipinski definition) is 1. The molecule has 0 saturated heterocycles. The molecule has 1 aromatic heterocycles. The fourth-order valence-electron chi connectivity index (χ4n) is 3.70. The Hall–Kier alpha value is -2.55. The average Bonchev–Trinajstić information content (AvgIpc) is 2.86. The summed E-state index contributed by atoms with van der Waals surface area (Å²) in [4.78, 5) is 0. The van der Waals surface area contributed by atoms with Crippen LogP contribution in [-0.4, -0.2) is 11.2 Å². The van der Waals surface area contributed by atoms with Crippen LogP contribution in [0.3, 0.4) is 0 Å². The molecule has 0 aliphatic carbocycles. The van der Waals surface area contributed by atoms with Gasteiger partial charge < -0.3 is 4.74 Å². The second-order valence-electron chi connectivity index (χ2n) is 6.56. The van der Waals surface area contributed by atoms with E-state index < -0.39 is 0 Å². The third-order valence-corrected chi connectivity index (χ3v) is 4.88. The second kappa shape index (κ2) is 7.14. The van der Waals surface area contributed by atoms with Gasteiger partial charge in [0.25, 0.3) is 5.82 Å². The minimum absolute atomic E-state index is 0.698. The first-order valence-electron chi connectivity index (χ1n) is 9.29. The lowest BCUT2D eigenvalue weighted by Crippen LogP contribution is -2.35. The van der Waals surface area contributed by atoms with Crippen molar-refractivity contribution in [2.24, 2.45) is 0 Å². The van der Waals surface area contributed by atoms with Gasteiger partial charge in [-0.05, 0) is 62.6 Å². The molecule has 0 fully saturated rings. The molecule has 0 spiro atoms. The van der Waals surface area contributed by atoms with Crippen LogP contribution in [0.15, 0.2) is 60.8 Å². The molecule has 2 aromatic carbocycles. The molecule has 0 bridgehead atoms. The summed E-state index contributed by atoms with van der Waals surface area (Å²) in [6.45, 7) is 3.82. The minimum Gasteiger partial charge on any atom is -0.494 e. The number of benzene rings is 2. The molecule has 128 valence electrons. The van der Waals surface area contributed by atoms with E-state index in [1.54, 1.807) is 0 Å². The molecule has 3 heteroatoms. The molecule has 0 N–H and O–H groups in total. The highest BCUT2D eigenvalue weighted by atomic mass is 16.5. The van der Waals surface area contributed by atoms with Gasteiger partial charge in [0.2, 0.25) is 0 Å². The van der Waals surface area contributed by atoms with Crippen LogP contribution in [0.2, 0.25) is 0 Å². The molecule has 0 amide bonds. The van der Waals surface area contributed by atoms with Gasteiger partial charge in [0.05, 0.1) is 13.2 Å². The average molecular weight is 333 g/mol. The van der Waals surface area contributed by atoms with Gasteiger partial charge in [0.1, 0.15) is 17.6 Å². The lowest BCUT2D eigenvalue weighted by molar-refractivity contribution is -0.702. The van der Waals surface area contributed by atoms with E-state index in [0.29, 0.717) is 6.61 Å². The summed E-state index contributed by atoms with van der Waals surface area (Å²) in [6, 6.07) is 19.2. The van der Waals surface area contributed by atoms with Crippen LogP contribution < -0.4 is 9.30 Å². The summed E-state index contributed by atoms with van der Waals surface area (Å²) in [7, 11) is 0. The Bertz CT molecular complexity index is 834. The Balaban J connectivity index is 1.84. The van der Waals surface area contributed by atoms with E-state index in [2.05, 4.69) is 69.9 Å². The lowest BCUT2D eigenvalue weighted by Gasteiger charge is -2.06. The fourth-order valence-corrected chi connectivity index (χ4v) is 3.70. The van der Waals surface area contributed by atoms with E-state index in [1.165, 1.54) is 42.0 Å². The zero-order valence-electron chi connectivity index (χ0n) is 14.8. The fraction of sp³-hybridized carbons (Fsp3) is 0.318. The summed E-state index contributed by atoms with van der Waals surface area (Å²) in [5.41, 5.74) is 3.72. The SMILES string of the molecule is CCOc1ccc(-c2c[n+]3c(n2-c2ccccc2)CCCCC3)cc1. The van der Waals surface area contributed by atoms with Crippen molar-refractivity contribution >= 4 is 0 Å². The van der Waals surface area contributed by atoms with Crippen LogP contribution >= 0.6 is 0 Å². The van der Waals surface area contributed by atoms with Gasteiger partial charge in [-0.3, -0.25) is 0 Å². The first-order valence-corrected chi connectivity index (χ1v) is 9.29. The molecule has 2 heterocycles. The molecule has 3 nitrogen and oxygen atoms in total. The summed E-state index contributed by atoms with van der Waals surface area (Å²) < 4.78 is 10.5. The standard InChI is InChI=1S/C22H25N2O/c1-2-25-20-14-12-18(13-15-20)21-17-23-16-8-4-7-11-22(23)24(21)19-9-5-3-6-10-19/h3,5-6,9-10,12-15,17H,2,4,7-8,11,16H2,1H3/q+1. The zero-order valence-corrected chi connectivity index (χ0v) is 14.8. The highest BCUT2D eigenvalue weighted by Gasteiger charge is 2.26. The lowest BCUT2D eigenvalue weighted by atomic mass is 10.1. The Morgan fingerprint density at radius 3 is 2.52 bits per heavy atom. The van der Waals surface area contributed by atoms with Crippen molar-refractivity contribution in [3.8, 4) is 22.7 Å².